The van der Waals surface area contributed by atoms with Gasteiger partial charge >= 0.3 is 0 Å². The van der Waals surface area contributed by atoms with Gasteiger partial charge in [0.1, 0.15) is 0 Å². The van der Waals surface area contributed by atoms with E-state index in [1.807, 2.05) is 37.4 Å². The second-order valence-electron chi connectivity index (χ2n) is 4.00. The number of imidazole rings is 1. The van der Waals surface area contributed by atoms with Crippen LogP contribution in [-0.2, 0) is 6.54 Å². The summed E-state index contributed by atoms with van der Waals surface area (Å²) in [6.07, 6.45) is 1.92. The number of nitrogens with one attached hydrogen (secondary N) is 1. The Bertz CT molecular complexity index is 640. The van der Waals surface area contributed by atoms with Gasteiger partial charge in [0.15, 0.2) is 0 Å². The number of rotatable bonds is 3. The van der Waals surface area contributed by atoms with Crippen molar-refractivity contribution in [3.05, 3.63) is 46.7 Å². The van der Waals surface area contributed by atoms with E-state index in [9.17, 15) is 0 Å². The quantitative estimate of drug-likeness (QED) is 0.799. The summed E-state index contributed by atoms with van der Waals surface area (Å²) in [5, 5.41) is 9.30. The summed E-state index contributed by atoms with van der Waals surface area (Å²) in [5.74, 6) is 0. The maximum atomic E-state index is 5.84. The van der Waals surface area contributed by atoms with Gasteiger partial charge in [-0.1, -0.05) is 35.1 Å². The van der Waals surface area contributed by atoms with Crippen LogP contribution in [0.25, 0.3) is 4.96 Å². The number of benzene rings is 1. The summed E-state index contributed by atoms with van der Waals surface area (Å²) in [4.78, 5) is 5.27. The third-order valence-corrected chi connectivity index (χ3v) is 3.65. The number of hydrogen-bond donors (Lipinski definition) is 1. The second kappa shape index (κ2) is 4.59. The van der Waals surface area contributed by atoms with Crippen LogP contribution in [0.1, 0.15) is 11.3 Å². The Morgan fingerprint density at radius 3 is 2.83 bits per heavy atom. The van der Waals surface area contributed by atoms with Crippen LogP contribution in [0.2, 0.25) is 5.02 Å². The van der Waals surface area contributed by atoms with Gasteiger partial charge in [-0.05, 0) is 24.6 Å². The van der Waals surface area contributed by atoms with Crippen molar-refractivity contribution in [1.82, 2.24) is 14.6 Å². The van der Waals surface area contributed by atoms with Gasteiger partial charge in [0.05, 0.1) is 11.9 Å². The minimum atomic E-state index is 0.729. The van der Waals surface area contributed by atoms with E-state index in [1.165, 1.54) is 5.56 Å². The topological polar surface area (TPSA) is 42.2 Å². The molecule has 0 aliphatic rings. The van der Waals surface area contributed by atoms with Crippen LogP contribution in [0.5, 0.6) is 0 Å². The maximum Gasteiger partial charge on any atom is 0.214 e. The Hall–Kier alpha value is -1.59. The largest absolute Gasteiger partial charge is 0.356 e. The fraction of sp³-hybridized carbons (Fsp3) is 0.167. The lowest BCUT2D eigenvalue weighted by Crippen LogP contribution is -1.99. The molecule has 3 rings (SSSR count). The van der Waals surface area contributed by atoms with E-state index in [2.05, 4.69) is 15.4 Å². The predicted molar refractivity (Wildman–Crippen MR) is 74.4 cm³/mol. The highest BCUT2D eigenvalue weighted by Gasteiger charge is 2.05. The van der Waals surface area contributed by atoms with Gasteiger partial charge in [0.2, 0.25) is 10.1 Å². The molecule has 0 saturated heterocycles. The number of anilines is 1. The zero-order chi connectivity index (χ0) is 12.5. The molecular formula is C12H11ClN4S. The van der Waals surface area contributed by atoms with Gasteiger partial charge in [-0.2, -0.15) is 0 Å². The van der Waals surface area contributed by atoms with E-state index in [0.717, 1.165) is 27.4 Å². The molecule has 2 aromatic heterocycles. The Balaban J connectivity index is 1.72. The van der Waals surface area contributed by atoms with Crippen molar-refractivity contribution in [3.63, 3.8) is 0 Å². The molecule has 0 aliphatic heterocycles. The van der Waals surface area contributed by atoms with Crippen LogP contribution in [0.15, 0.2) is 30.5 Å². The van der Waals surface area contributed by atoms with E-state index in [0.29, 0.717) is 0 Å². The fourth-order valence-electron chi connectivity index (χ4n) is 1.66. The maximum absolute atomic E-state index is 5.84. The van der Waals surface area contributed by atoms with Gasteiger partial charge in [-0.3, -0.25) is 0 Å². The van der Waals surface area contributed by atoms with Crippen molar-refractivity contribution in [3.8, 4) is 0 Å². The molecule has 2 heterocycles. The molecule has 0 bridgehead atoms. The van der Waals surface area contributed by atoms with E-state index >= 15 is 0 Å². The van der Waals surface area contributed by atoms with Crippen molar-refractivity contribution in [2.45, 2.75) is 13.5 Å². The summed E-state index contributed by atoms with van der Waals surface area (Å²) >= 11 is 7.38. The van der Waals surface area contributed by atoms with Crippen LogP contribution in [0.3, 0.4) is 0 Å². The smallest absolute Gasteiger partial charge is 0.214 e. The molecule has 0 amide bonds. The Labute approximate surface area is 113 Å². The van der Waals surface area contributed by atoms with Gasteiger partial charge in [0.25, 0.3) is 0 Å². The van der Waals surface area contributed by atoms with Crippen molar-refractivity contribution >= 4 is 33.0 Å². The molecule has 0 radical (unpaired) electrons. The van der Waals surface area contributed by atoms with Gasteiger partial charge in [-0.25, -0.2) is 9.50 Å². The van der Waals surface area contributed by atoms with E-state index < -0.39 is 0 Å². The monoisotopic (exact) mass is 278 g/mol. The van der Waals surface area contributed by atoms with Crippen LogP contribution in [0.4, 0.5) is 5.13 Å². The van der Waals surface area contributed by atoms with Crippen LogP contribution in [-0.4, -0.2) is 14.6 Å². The first kappa shape index (κ1) is 11.5. The predicted octanol–water partition coefficient (Wildman–Crippen LogP) is 3.36. The first-order valence-corrected chi connectivity index (χ1v) is 6.71. The first-order chi connectivity index (χ1) is 8.70. The SMILES string of the molecule is Cc1cn2nc(NCc3ccc(Cl)cc3)sc2n1. The summed E-state index contributed by atoms with van der Waals surface area (Å²) in [5.41, 5.74) is 2.15. The highest BCUT2D eigenvalue weighted by Crippen LogP contribution is 2.19. The molecule has 4 nitrogen and oxygen atoms in total. The Morgan fingerprint density at radius 1 is 1.33 bits per heavy atom. The lowest BCUT2D eigenvalue weighted by Gasteiger charge is -2.01. The number of aromatic nitrogens is 3. The molecule has 18 heavy (non-hydrogen) atoms. The van der Waals surface area contributed by atoms with Crippen LogP contribution >= 0.6 is 22.9 Å². The molecule has 1 N–H and O–H groups in total. The van der Waals surface area contributed by atoms with Crippen LogP contribution < -0.4 is 5.32 Å². The molecule has 6 heteroatoms. The van der Waals surface area contributed by atoms with Crippen molar-refractivity contribution in [2.75, 3.05) is 5.32 Å². The van der Waals surface area contributed by atoms with Crippen molar-refractivity contribution in [1.29, 1.82) is 0 Å². The molecule has 0 aliphatic carbocycles. The Kier molecular flexibility index (Phi) is 2.93. The lowest BCUT2D eigenvalue weighted by atomic mass is 10.2. The van der Waals surface area contributed by atoms with E-state index in [4.69, 9.17) is 11.6 Å². The molecule has 3 aromatic rings. The number of aryl methyl sites for hydroxylation is 1. The highest BCUT2D eigenvalue weighted by molar-refractivity contribution is 7.20. The standard InChI is InChI=1S/C12H11ClN4S/c1-8-7-17-12(15-8)18-11(16-17)14-6-9-2-4-10(13)5-3-9/h2-5,7H,6H2,1H3,(H,14,16). The zero-order valence-electron chi connectivity index (χ0n) is 9.72. The molecule has 1 aromatic carbocycles. The molecule has 0 fully saturated rings. The summed E-state index contributed by atoms with van der Waals surface area (Å²) in [6.45, 7) is 2.69. The number of halogens is 1. The highest BCUT2D eigenvalue weighted by atomic mass is 35.5. The molecule has 0 saturated carbocycles. The minimum Gasteiger partial charge on any atom is -0.356 e. The summed E-state index contributed by atoms with van der Waals surface area (Å²) in [7, 11) is 0. The van der Waals surface area contributed by atoms with Gasteiger partial charge in [0, 0.05) is 11.6 Å². The fourth-order valence-corrected chi connectivity index (χ4v) is 2.61. The Morgan fingerprint density at radius 2 is 2.11 bits per heavy atom. The van der Waals surface area contributed by atoms with E-state index in [-0.39, 0.29) is 0 Å². The molecule has 0 atom stereocenters. The average molecular weight is 279 g/mol. The molecule has 92 valence electrons. The summed E-state index contributed by atoms with van der Waals surface area (Å²) < 4.78 is 1.80. The van der Waals surface area contributed by atoms with Crippen molar-refractivity contribution in [2.24, 2.45) is 0 Å². The lowest BCUT2D eigenvalue weighted by molar-refractivity contribution is 0.959. The van der Waals surface area contributed by atoms with Crippen LogP contribution in [0, 0.1) is 6.92 Å². The average Bonchev–Trinajstić information content (AvgIpc) is 2.85. The number of nitrogens with zero attached hydrogens (tertiary/aromatic N) is 3. The van der Waals surface area contributed by atoms with Gasteiger partial charge in [-0.15, -0.1) is 5.10 Å². The van der Waals surface area contributed by atoms with E-state index in [1.54, 1.807) is 15.9 Å². The van der Waals surface area contributed by atoms with Gasteiger partial charge < -0.3 is 5.32 Å². The first-order valence-electron chi connectivity index (χ1n) is 5.52. The number of fused-ring (bicyclic) bond motifs is 1. The zero-order valence-corrected chi connectivity index (χ0v) is 11.3. The van der Waals surface area contributed by atoms with Crippen molar-refractivity contribution < 1.29 is 0 Å². The minimum absolute atomic E-state index is 0.729. The molecule has 0 spiro atoms. The molecule has 0 unspecified atom stereocenters. The number of hydrogen-bond acceptors (Lipinski definition) is 4. The summed E-state index contributed by atoms with van der Waals surface area (Å²) in [6, 6.07) is 7.77. The normalized spacial score (nSPS) is 11.0. The third kappa shape index (κ3) is 2.32. The third-order valence-electron chi connectivity index (χ3n) is 2.52. The second-order valence-corrected chi connectivity index (χ2v) is 5.39. The molecular weight excluding hydrogens is 268 g/mol.